The lowest BCUT2D eigenvalue weighted by atomic mass is 10.2. The van der Waals surface area contributed by atoms with E-state index in [1.165, 1.54) is 11.6 Å². The second kappa shape index (κ2) is 10.4. The molecule has 0 aliphatic carbocycles. The van der Waals surface area contributed by atoms with E-state index < -0.39 is 17.2 Å². The third-order valence-electron chi connectivity index (χ3n) is 4.82. The van der Waals surface area contributed by atoms with Crippen molar-refractivity contribution in [3.63, 3.8) is 0 Å². The molecule has 33 heavy (non-hydrogen) atoms. The van der Waals surface area contributed by atoms with Gasteiger partial charge in [0.1, 0.15) is 16.2 Å². The number of carbonyl (C=O) groups excluding carboxylic acids is 2. The summed E-state index contributed by atoms with van der Waals surface area (Å²) in [7, 11) is 2.93. The normalized spacial score (nSPS) is 10.9. The number of amides is 1. The molecule has 0 unspecified atom stereocenters. The molecule has 0 aliphatic heterocycles. The molecule has 3 aromatic rings. The van der Waals surface area contributed by atoms with Gasteiger partial charge < -0.3 is 10.1 Å². The number of nitrogens with one attached hydrogen (secondary N) is 1. The number of fused-ring (bicyclic) bond motifs is 1. The second-order valence-electron chi connectivity index (χ2n) is 7.20. The van der Waals surface area contributed by atoms with Gasteiger partial charge in [-0.15, -0.1) is 0 Å². The number of benzene rings is 1. The third kappa shape index (κ3) is 5.14. The molecule has 0 fully saturated rings. The Morgan fingerprint density at radius 2 is 1.82 bits per heavy atom. The SMILES string of the molecule is CCCc1nc(SCC(=O)Nc2ccccc2C(=O)OCC)c2c(=O)n(C)c(=O)n(C)c2n1. The molecule has 174 valence electrons. The number of ether oxygens (including phenoxy) is 1. The molecular formula is C22H25N5O5S. The molecule has 10 nitrogen and oxygen atoms in total. The Kier molecular flexibility index (Phi) is 7.64. The van der Waals surface area contributed by atoms with Crippen molar-refractivity contribution in [2.75, 3.05) is 17.7 Å². The molecule has 0 bridgehead atoms. The lowest BCUT2D eigenvalue weighted by Gasteiger charge is -2.12. The van der Waals surface area contributed by atoms with Crippen molar-refractivity contribution >= 4 is 40.4 Å². The van der Waals surface area contributed by atoms with E-state index in [1.54, 1.807) is 38.2 Å². The van der Waals surface area contributed by atoms with Crippen molar-refractivity contribution in [2.45, 2.75) is 31.7 Å². The molecule has 1 amide bonds. The van der Waals surface area contributed by atoms with Gasteiger partial charge in [0.2, 0.25) is 5.91 Å². The summed E-state index contributed by atoms with van der Waals surface area (Å²) in [6.07, 6.45) is 1.34. The molecule has 0 saturated carbocycles. The van der Waals surface area contributed by atoms with Crippen LogP contribution in [0.4, 0.5) is 5.69 Å². The highest BCUT2D eigenvalue weighted by Crippen LogP contribution is 2.23. The summed E-state index contributed by atoms with van der Waals surface area (Å²) in [6.45, 7) is 3.89. The largest absolute Gasteiger partial charge is 0.462 e. The van der Waals surface area contributed by atoms with Gasteiger partial charge in [-0.1, -0.05) is 30.8 Å². The van der Waals surface area contributed by atoms with Crippen LogP contribution in [0, 0.1) is 0 Å². The Bertz CT molecular complexity index is 1330. The molecule has 0 spiro atoms. The van der Waals surface area contributed by atoms with Crippen LogP contribution >= 0.6 is 11.8 Å². The Morgan fingerprint density at radius 1 is 1.09 bits per heavy atom. The average molecular weight is 472 g/mol. The topological polar surface area (TPSA) is 125 Å². The van der Waals surface area contributed by atoms with Crippen LogP contribution in [0.5, 0.6) is 0 Å². The Morgan fingerprint density at radius 3 is 2.52 bits per heavy atom. The molecule has 0 aliphatic rings. The lowest BCUT2D eigenvalue weighted by Crippen LogP contribution is -2.38. The highest BCUT2D eigenvalue weighted by Gasteiger charge is 2.19. The average Bonchev–Trinajstić information content (AvgIpc) is 2.80. The van der Waals surface area contributed by atoms with Gasteiger partial charge in [-0.05, 0) is 25.5 Å². The number of hydrogen-bond donors (Lipinski definition) is 1. The molecule has 1 aromatic carbocycles. The maximum absolute atomic E-state index is 12.8. The van der Waals surface area contributed by atoms with E-state index in [2.05, 4.69) is 15.3 Å². The molecule has 2 heterocycles. The van der Waals surface area contributed by atoms with Crippen LogP contribution in [0.1, 0.15) is 36.5 Å². The third-order valence-corrected chi connectivity index (χ3v) is 5.80. The Labute approximate surface area is 194 Å². The molecule has 0 atom stereocenters. The van der Waals surface area contributed by atoms with Gasteiger partial charge in [-0.25, -0.2) is 19.6 Å². The molecule has 2 aromatic heterocycles. The van der Waals surface area contributed by atoms with Crippen LogP contribution in [0.25, 0.3) is 11.0 Å². The van der Waals surface area contributed by atoms with Gasteiger partial charge in [-0.2, -0.15) is 0 Å². The van der Waals surface area contributed by atoms with Crippen LogP contribution in [0.3, 0.4) is 0 Å². The van der Waals surface area contributed by atoms with E-state index in [4.69, 9.17) is 4.74 Å². The number of aryl methyl sites for hydroxylation is 2. The molecule has 0 saturated heterocycles. The van der Waals surface area contributed by atoms with Crippen LogP contribution < -0.4 is 16.6 Å². The number of carbonyl (C=O) groups is 2. The fraction of sp³-hybridized carbons (Fsp3) is 0.364. The summed E-state index contributed by atoms with van der Waals surface area (Å²) in [5.41, 5.74) is -0.194. The Balaban J connectivity index is 1.92. The minimum Gasteiger partial charge on any atom is -0.462 e. The number of rotatable bonds is 8. The van der Waals surface area contributed by atoms with Crippen molar-refractivity contribution in [1.82, 2.24) is 19.1 Å². The summed E-state index contributed by atoms with van der Waals surface area (Å²) in [5, 5.41) is 3.22. The van der Waals surface area contributed by atoms with Gasteiger partial charge in [0, 0.05) is 20.5 Å². The van der Waals surface area contributed by atoms with Crippen molar-refractivity contribution < 1.29 is 14.3 Å². The van der Waals surface area contributed by atoms with Crippen LogP contribution in [0.2, 0.25) is 0 Å². The van der Waals surface area contributed by atoms with Gasteiger partial charge >= 0.3 is 11.7 Å². The zero-order valence-corrected chi connectivity index (χ0v) is 19.7. The smallest absolute Gasteiger partial charge is 0.340 e. The van der Waals surface area contributed by atoms with E-state index in [0.29, 0.717) is 23.0 Å². The van der Waals surface area contributed by atoms with Crippen LogP contribution in [-0.2, 0) is 30.0 Å². The lowest BCUT2D eigenvalue weighted by molar-refractivity contribution is -0.113. The molecule has 1 N–H and O–H groups in total. The van der Waals surface area contributed by atoms with E-state index in [-0.39, 0.29) is 34.9 Å². The summed E-state index contributed by atoms with van der Waals surface area (Å²) in [4.78, 5) is 58.9. The highest BCUT2D eigenvalue weighted by molar-refractivity contribution is 8.00. The first-order valence-corrected chi connectivity index (χ1v) is 11.4. The highest BCUT2D eigenvalue weighted by atomic mass is 32.2. The van der Waals surface area contributed by atoms with E-state index >= 15 is 0 Å². The standard InChI is InChI=1S/C22H25N5O5S/c1-5-9-15-24-18-17(20(29)27(4)22(31)26(18)3)19(25-15)33-12-16(28)23-14-11-8-7-10-13(14)21(30)32-6-2/h7-8,10-11H,5-6,9,12H2,1-4H3,(H,23,28). The minimum atomic E-state index is -0.531. The number of aromatic nitrogens is 4. The van der Waals surface area contributed by atoms with E-state index in [0.717, 1.165) is 22.7 Å². The van der Waals surface area contributed by atoms with Crippen molar-refractivity contribution in [1.29, 1.82) is 0 Å². The minimum absolute atomic E-state index is 0.0686. The Hall–Kier alpha value is -3.47. The maximum Gasteiger partial charge on any atom is 0.340 e. The number of thioether (sulfide) groups is 1. The molecule has 3 rings (SSSR count). The number of para-hydroxylation sites is 1. The summed E-state index contributed by atoms with van der Waals surface area (Å²) >= 11 is 1.07. The van der Waals surface area contributed by atoms with Gasteiger partial charge in [0.05, 0.1) is 23.6 Å². The quantitative estimate of drug-likeness (QED) is 0.300. The van der Waals surface area contributed by atoms with Crippen LogP contribution in [-0.4, -0.2) is 43.3 Å². The molecule has 0 radical (unpaired) electrons. The maximum atomic E-state index is 12.8. The van der Waals surface area contributed by atoms with Crippen molar-refractivity contribution in [3.8, 4) is 0 Å². The second-order valence-corrected chi connectivity index (χ2v) is 8.17. The van der Waals surface area contributed by atoms with Gasteiger partial charge in [0.15, 0.2) is 5.65 Å². The van der Waals surface area contributed by atoms with E-state index in [9.17, 15) is 19.2 Å². The summed E-state index contributed by atoms with van der Waals surface area (Å²) in [5.74, 6) is -0.497. The predicted octanol–water partition coefficient (Wildman–Crippen LogP) is 1.89. The molecular weight excluding hydrogens is 446 g/mol. The summed E-state index contributed by atoms with van der Waals surface area (Å²) < 4.78 is 7.33. The number of anilines is 1. The zero-order chi connectivity index (χ0) is 24.1. The monoisotopic (exact) mass is 471 g/mol. The summed E-state index contributed by atoms with van der Waals surface area (Å²) in [6, 6.07) is 6.56. The molecule has 11 heteroatoms. The van der Waals surface area contributed by atoms with Gasteiger partial charge in [-0.3, -0.25) is 18.7 Å². The first kappa shape index (κ1) is 24.2. The first-order chi connectivity index (χ1) is 15.8. The van der Waals surface area contributed by atoms with Gasteiger partial charge in [0.25, 0.3) is 5.56 Å². The zero-order valence-electron chi connectivity index (χ0n) is 18.9. The van der Waals surface area contributed by atoms with Crippen LogP contribution in [0.15, 0.2) is 38.9 Å². The van der Waals surface area contributed by atoms with E-state index in [1.807, 2.05) is 6.92 Å². The number of esters is 1. The van der Waals surface area contributed by atoms with Crippen molar-refractivity contribution in [3.05, 3.63) is 56.5 Å². The predicted molar refractivity (Wildman–Crippen MR) is 126 cm³/mol. The first-order valence-electron chi connectivity index (χ1n) is 10.4. The van der Waals surface area contributed by atoms with Crippen molar-refractivity contribution in [2.24, 2.45) is 14.1 Å². The number of nitrogens with zero attached hydrogens (tertiary/aromatic N) is 4. The fourth-order valence-corrected chi connectivity index (χ4v) is 4.04. The number of hydrogen-bond acceptors (Lipinski definition) is 8. The fourth-order valence-electron chi connectivity index (χ4n) is 3.21.